The number of alkyl halides is 3. The van der Waals surface area contributed by atoms with E-state index in [1.54, 1.807) is 4.72 Å². The van der Waals surface area contributed by atoms with Crippen LogP contribution >= 0.6 is 0 Å². The summed E-state index contributed by atoms with van der Waals surface area (Å²) in [7, 11) is -4.40. The van der Waals surface area contributed by atoms with Crippen LogP contribution < -0.4 is 4.72 Å². The van der Waals surface area contributed by atoms with Crippen LogP contribution in [0.2, 0.25) is 0 Å². The number of halogens is 4. The number of nitro groups is 1. The molecule has 0 aliphatic heterocycles. The lowest BCUT2D eigenvalue weighted by atomic mass is 10.2. The van der Waals surface area contributed by atoms with Crippen molar-refractivity contribution in [3.63, 3.8) is 0 Å². The molecular weight excluding hydrogens is 320 g/mol. The Labute approximate surface area is 117 Å². The van der Waals surface area contributed by atoms with E-state index in [-0.39, 0.29) is 5.56 Å². The molecule has 1 aromatic rings. The van der Waals surface area contributed by atoms with Crippen LogP contribution in [0.3, 0.4) is 0 Å². The topological polar surface area (TPSA) is 89.3 Å². The minimum absolute atomic E-state index is 0.305. The van der Waals surface area contributed by atoms with Gasteiger partial charge < -0.3 is 0 Å². The van der Waals surface area contributed by atoms with E-state index in [1.807, 2.05) is 0 Å². The van der Waals surface area contributed by atoms with Crippen LogP contribution in [0.4, 0.5) is 23.2 Å². The third-order valence-electron chi connectivity index (χ3n) is 2.42. The van der Waals surface area contributed by atoms with Gasteiger partial charge in [-0.05, 0) is 18.6 Å². The SMILES string of the molecule is Cc1cc(S(=O)(=O)NCCC(F)(F)F)cc([N+](=O)[O-])c1F. The smallest absolute Gasteiger partial charge is 0.258 e. The Kier molecular flexibility index (Phi) is 4.89. The molecule has 0 saturated carbocycles. The largest absolute Gasteiger partial charge is 0.390 e. The highest BCUT2D eigenvalue weighted by Gasteiger charge is 2.28. The first-order chi connectivity index (χ1) is 9.44. The molecule has 118 valence electrons. The quantitative estimate of drug-likeness (QED) is 0.509. The average Bonchev–Trinajstić information content (AvgIpc) is 2.29. The molecule has 11 heteroatoms. The first-order valence-electron chi connectivity index (χ1n) is 5.45. The van der Waals surface area contributed by atoms with E-state index in [0.717, 1.165) is 13.0 Å². The Balaban J connectivity index is 3.07. The fraction of sp³-hybridized carbons (Fsp3) is 0.400. The van der Waals surface area contributed by atoms with E-state index < -0.39 is 50.5 Å². The van der Waals surface area contributed by atoms with Crippen molar-refractivity contribution in [2.24, 2.45) is 0 Å². The molecule has 0 heterocycles. The Hall–Kier alpha value is -1.75. The molecule has 0 spiro atoms. The van der Waals surface area contributed by atoms with Crippen molar-refractivity contribution in [3.8, 4) is 0 Å². The number of aryl methyl sites for hydroxylation is 1. The van der Waals surface area contributed by atoms with E-state index in [0.29, 0.717) is 6.07 Å². The number of nitro benzene ring substituents is 1. The Morgan fingerprint density at radius 3 is 2.38 bits per heavy atom. The van der Waals surface area contributed by atoms with Gasteiger partial charge in [-0.2, -0.15) is 17.6 Å². The second-order valence-electron chi connectivity index (χ2n) is 4.09. The van der Waals surface area contributed by atoms with Crippen LogP contribution in [-0.2, 0) is 10.0 Å². The molecule has 1 rings (SSSR count). The number of nitrogens with zero attached hydrogens (tertiary/aromatic N) is 1. The zero-order valence-corrected chi connectivity index (χ0v) is 11.4. The van der Waals surface area contributed by atoms with E-state index in [1.165, 1.54) is 0 Å². The van der Waals surface area contributed by atoms with Crippen molar-refractivity contribution < 1.29 is 30.9 Å². The molecule has 0 aliphatic carbocycles. The first kappa shape index (κ1) is 17.3. The van der Waals surface area contributed by atoms with Gasteiger partial charge in [0.25, 0.3) is 0 Å². The number of hydrogen-bond acceptors (Lipinski definition) is 4. The molecule has 0 unspecified atom stereocenters. The molecule has 0 bridgehead atoms. The summed E-state index contributed by atoms with van der Waals surface area (Å²) in [5, 5.41) is 10.6. The highest BCUT2D eigenvalue weighted by atomic mass is 32.2. The molecule has 0 fully saturated rings. The van der Waals surface area contributed by atoms with E-state index in [4.69, 9.17) is 0 Å². The molecule has 6 nitrogen and oxygen atoms in total. The Morgan fingerprint density at radius 2 is 1.90 bits per heavy atom. The van der Waals surface area contributed by atoms with Crippen LogP contribution in [0.15, 0.2) is 17.0 Å². The number of hydrogen-bond donors (Lipinski definition) is 1. The molecule has 0 saturated heterocycles. The lowest BCUT2D eigenvalue weighted by molar-refractivity contribution is -0.387. The van der Waals surface area contributed by atoms with E-state index >= 15 is 0 Å². The van der Waals surface area contributed by atoms with Crippen molar-refractivity contribution in [1.29, 1.82) is 0 Å². The van der Waals surface area contributed by atoms with Gasteiger partial charge in [0.1, 0.15) is 0 Å². The summed E-state index contributed by atoms with van der Waals surface area (Å²) in [6, 6.07) is 1.26. The summed E-state index contributed by atoms with van der Waals surface area (Å²) in [6.45, 7) is 0.188. The van der Waals surface area contributed by atoms with Crippen LogP contribution in [0.25, 0.3) is 0 Å². The zero-order chi connectivity index (χ0) is 16.4. The van der Waals surface area contributed by atoms with E-state index in [2.05, 4.69) is 0 Å². The Morgan fingerprint density at radius 1 is 1.33 bits per heavy atom. The summed E-state index contributed by atoms with van der Waals surface area (Å²) >= 11 is 0. The van der Waals surface area contributed by atoms with Gasteiger partial charge in [0.15, 0.2) is 0 Å². The minimum atomic E-state index is -4.55. The maximum atomic E-state index is 13.4. The van der Waals surface area contributed by atoms with Crippen molar-refractivity contribution in [3.05, 3.63) is 33.6 Å². The van der Waals surface area contributed by atoms with E-state index in [9.17, 15) is 36.1 Å². The lowest BCUT2D eigenvalue weighted by Gasteiger charge is -2.09. The first-order valence-corrected chi connectivity index (χ1v) is 6.93. The fourth-order valence-corrected chi connectivity index (χ4v) is 2.55. The number of nitrogens with one attached hydrogen (secondary N) is 1. The van der Waals surface area contributed by atoms with Crippen LogP contribution in [0.1, 0.15) is 12.0 Å². The van der Waals surface area contributed by atoms with Gasteiger partial charge in [-0.1, -0.05) is 0 Å². The van der Waals surface area contributed by atoms with Gasteiger partial charge in [-0.3, -0.25) is 10.1 Å². The third-order valence-corrected chi connectivity index (χ3v) is 3.86. The van der Waals surface area contributed by atoms with Gasteiger partial charge in [-0.25, -0.2) is 13.1 Å². The molecule has 0 radical (unpaired) electrons. The van der Waals surface area contributed by atoms with Crippen LogP contribution in [0.5, 0.6) is 0 Å². The summed E-state index contributed by atoms with van der Waals surface area (Å²) in [5.74, 6) is -1.20. The van der Waals surface area contributed by atoms with Crippen molar-refractivity contribution in [1.82, 2.24) is 4.72 Å². The monoisotopic (exact) mass is 330 g/mol. The molecule has 0 atom stereocenters. The fourth-order valence-electron chi connectivity index (χ4n) is 1.42. The maximum absolute atomic E-state index is 13.4. The molecule has 0 amide bonds. The second-order valence-corrected chi connectivity index (χ2v) is 5.86. The summed E-state index contributed by atoms with van der Waals surface area (Å²) in [6.07, 6.45) is -5.94. The van der Waals surface area contributed by atoms with Crippen LogP contribution in [0, 0.1) is 22.9 Å². The number of rotatable bonds is 5. The predicted molar refractivity (Wildman–Crippen MR) is 63.7 cm³/mol. The van der Waals surface area contributed by atoms with Crippen LogP contribution in [-0.4, -0.2) is 26.1 Å². The molecule has 0 aliphatic rings. The average molecular weight is 330 g/mol. The van der Waals surface area contributed by atoms with Crippen molar-refractivity contribution in [2.45, 2.75) is 24.4 Å². The van der Waals surface area contributed by atoms with Gasteiger partial charge in [-0.15, -0.1) is 0 Å². The molecule has 21 heavy (non-hydrogen) atoms. The summed E-state index contributed by atoms with van der Waals surface area (Å²) in [5.41, 5.74) is -1.37. The highest BCUT2D eigenvalue weighted by Crippen LogP contribution is 2.25. The number of sulfonamides is 1. The third kappa shape index (κ3) is 4.63. The van der Waals surface area contributed by atoms with Crippen molar-refractivity contribution in [2.75, 3.05) is 6.54 Å². The molecule has 1 aromatic carbocycles. The zero-order valence-electron chi connectivity index (χ0n) is 10.6. The minimum Gasteiger partial charge on any atom is -0.258 e. The predicted octanol–water partition coefficient (Wildman–Crippen LogP) is 2.27. The van der Waals surface area contributed by atoms with Gasteiger partial charge in [0, 0.05) is 12.6 Å². The lowest BCUT2D eigenvalue weighted by Crippen LogP contribution is -2.28. The summed E-state index contributed by atoms with van der Waals surface area (Å²) < 4.78 is 74.4. The summed E-state index contributed by atoms with van der Waals surface area (Å²) in [4.78, 5) is 8.82. The maximum Gasteiger partial charge on any atom is 0.390 e. The van der Waals surface area contributed by atoms with Gasteiger partial charge in [0.05, 0.1) is 16.2 Å². The van der Waals surface area contributed by atoms with Crippen molar-refractivity contribution >= 4 is 15.7 Å². The molecule has 0 aromatic heterocycles. The van der Waals surface area contributed by atoms with Gasteiger partial charge >= 0.3 is 11.9 Å². The number of benzene rings is 1. The Bertz CT molecular complexity index is 658. The second kappa shape index (κ2) is 5.93. The highest BCUT2D eigenvalue weighted by molar-refractivity contribution is 7.89. The molecular formula is C10H10F4N2O4S. The normalized spacial score (nSPS) is 12.4. The van der Waals surface area contributed by atoms with Gasteiger partial charge in [0.2, 0.25) is 15.8 Å². The molecule has 1 N–H and O–H groups in total. The standard InChI is InChI=1S/C10H10F4N2O4S/c1-6-4-7(5-8(9(6)11)16(17)18)21(19,20)15-3-2-10(12,13)14/h4-5,15H,2-3H2,1H3.